The fourth-order valence-electron chi connectivity index (χ4n) is 5.33. The van der Waals surface area contributed by atoms with Gasteiger partial charge in [-0.05, 0) is 19.2 Å². The van der Waals surface area contributed by atoms with Crippen LogP contribution in [0, 0.1) is 11.7 Å². The van der Waals surface area contributed by atoms with Crippen molar-refractivity contribution in [3.63, 3.8) is 0 Å². The number of benzene rings is 1. The first-order valence-corrected chi connectivity index (χ1v) is 13.6. The van der Waals surface area contributed by atoms with Gasteiger partial charge < -0.3 is 24.2 Å². The number of nitrogens with one attached hydrogen (secondary N) is 1. The molecule has 0 radical (unpaired) electrons. The third kappa shape index (κ3) is 5.15. The van der Waals surface area contributed by atoms with Crippen LogP contribution >= 0.6 is 11.6 Å². The molecule has 15 heteroatoms. The zero-order valence-corrected chi connectivity index (χ0v) is 23.2. The van der Waals surface area contributed by atoms with E-state index in [1.807, 2.05) is 4.90 Å². The second-order valence-electron chi connectivity index (χ2n) is 10.2. The largest absolute Gasteiger partial charge is 0.458 e. The first-order valence-electron chi connectivity index (χ1n) is 13.2. The van der Waals surface area contributed by atoms with Gasteiger partial charge in [0.05, 0.1) is 28.4 Å². The van der Waals surface area contributed by atoms with Gasteiger partial charge in [0.15, 0.2) is 5.75 Å². The summed E-state index contributed by atoms with van der Waals surface area (Å²) in [5.74, 6) is -1.52. The standard InChI is InChI=1S/C27H26ClF3N8O3/c1-3-20(40)38-6-8-39(9-7-38)25-14-4-5-32-26(42-23-15-11-33-36-18(15)10-17(29)21(23)28)22(14)34-27(35-25)41-19-13-37(2)12-16(19)24(30)31/h3-5,10-11,16,19,24H,1,6-9,12-13H2,2H3,(H,33,36)/t16?,19-/m1/s1. The number of pyridine rings is 1. The monoisotopic (exact) mass is 602 g/mol. The van der Waals surface area contributed by atoms with Crippen molar-refractivity contribution in [3.8, 4) is 17.6 Å². The zero-order valence-electron chi connectivity index (χ0n) is 22.4. The Morgan fingerprint density at radius 2 is 2.00 bits per heavy atom. The van der Waals surface area contributed by atoms with Gasteiger partial charge >= 0.3 is 6.01 Å². The van der Waals surface area contributed by atoms with Gasteiger partial charge in [0, 0.05) is 51.5 Å². The lowest BCUT2D eigenvalue weighted by atomic mass is 10.1. The van der Waals surface area contributed by atoms with E-state index in [9.17, 15) is 18.0 Å². The number of amides is 1. The predicted octanol–water partition coefficient (Wildman–Crippen LogP) is 3.89. The summed E-state index contributed by atoms with van der Waals surface area (Å²) in [5, 5.41) is 7.30. The van der Waals surface area contributed by atoms with Crippen molar-refractivity contribution >= 4 is 45.1 Å². The highest BCUT2D eigenvalue weighted by molar-refractivity contribution is 6.33. The van der Waals surface area contributed by atoms with E-state index < -0.39 is 24.3 Å². The van der Waals surface area contributed by atoms with Crippen LogP contribution in [0.2, 0.25) is 5.02 Å². The van der Waals surface area contributed by atoms with Gasteiger partial charge in [0.25, 0.3) is 0 Å². The predicted molar refractivity (Wildman–Crippen MR) is 149 cm³/mol. The SMILES string of the molecule is C=CC(=O)N1CCN(c2nc(O[C@@H]3CN(C)CC3C(F)F)nc3c(Oc4c(Cl)c(F)cc5[nH]ncc45)nccc23)CC1. The van der Waals surface area contributed by atoms with E-state index in [0.717, 1.165) is 0 Å². The van der Waals surface area contributed by atoms with E-state index in [1.165, 1.54) is 24.5 Å². The molecule has 6 rings (SSSR count). The van der Waals surface area contributed by atoms with Crippen LogP contribution < -0.4 is 14.4 Å². The lowest BCUT2D eigenvalue weighted by Crippen LogP contribution is -2.48. The number of hydrogen-bond donors (Lipinski definition) is 1. The second-order valence-corrected chi connectivity index (χ2v) is 10.5. The van der Waals surface area contributed by atoms with Crippen LogP contribution in [-0.2, 0) is 4.79 Å². The quantitative estimate of drug-likeness (QED) is 0.315. The Balaban J connectivity index is 1.43. The lowest BCUT2D eigenvalue weighted by molar-refractivity contribution is -0.126. The van der Waals surface area contributed by atoms with Gasteiger partial charge in [0.2, 0.25) is 18.2 Å². The molecule has 3 aromatic heterocycles. The van der Waals surface area contributed by atoms with Crippen molar-refractivity contribution in [2.24, 2.45) is 5.92 Å². The van der Waals surface area contributed by atoms with Gasteiger partial charge in [-0.25, -0.2) is 18.2 Å². The van der Waals surface area contributed by atoms with Gasteiger partial charge in [-0.1, -0.05) is 18.2 Å². The number of aromatic nitrogens is 5. The number of fused-ring (bicyclic) bond motifs is 2. The number of alkyl halides is 2. The minimum Gasteiger partial charge on any atom is -0.458 e. The number of anilines is 1. The minimum atomic E-state index is -2.59. The Morgan fingerprint density at radius 1 is 1.21 bits per heavy atom. The van der Waals surface area contributed by atoms with Crippen molar-refractivity contribution in [2.45, 2.75) is 12.5 Å². The van der Waals surface area contributed by atoms with Gasteiger partial charge in [-0.3, -0.25) is 9.89 Å². The molecule has 2 aliphatic heterocycles. The van der Waals surface area contributed by atoms with Crippen LogP contribution in [0.15, 0.2) is 37.2 Å². The summed E-state index contributed by atoms with van der Waals surface area (Å²) in [7, 11) is 1.74. The first kappa shape index (κ1) is 28.0. The van der Waals surface area contributed by atoms with Crippen molar-refractivity contribution in [3.05, 3.63) is 48.0 Å². The average molecular weight is 603 g/mol. The van der Waals surface area contributed by atoms with Gasteiger partial charge in [-0.15, -0.1) is 0 Å². The van der Waals surface area contributed by atoms with Crippen molar-refractivity contribution in [1.82, 2.24) is 34.9 Å². The molecule has 220 valence electrons. The number of H-pyrrole nitrogens is 1. The van der Waals surface area contributed by atoms with Crippen molar-refractivity contribution < 1.29 is 27.4 Å². The highest BCUT2D eigenvalue weighted by Crippen LogP contribution is 2.40. The zero-order chi connectivity index (χ0) is 29.5. The number of ether oxygens (including phenoxy) is 2. The Morgan fingerprint density at radius 3 is 2.74 bits per heavy atom. The Bertz CT molecular complexity index is 1660. The normalized spacial score (nSPS) is 19.7. The number of piperazine rings is 1. The maximum atomic E-state index is 14.6. The van der Waals surface area contributed by atoms with Crippen LogP contribution in [-0.4, -0.2) is 99.7 Å². The van der Waals surface area contributed by atoms with Gasteiger partial charge in [-0.2, -0.15) is 15.1 Å². The summed E-state index contributed by atoms with van der Waals surface area (Å²) in [5.41, 5.74) is 0.570. The number of carbonyl (C=O) groups excluding carboxylic acids is 1. The molecule has 0 spiro atoms. The molecule has 42 heavy (non-hydrogen) atoms. The van der Waals surface area contributed by atoms with E-state index in [0.29, 0.717) is 48.3 Å². The Hall–Kier alpha value is -4.17. The summed E-state index contributed by atoms with van der Waals surface area (Å²) in [6.07, 6.45) is 0.751. The first-order chi connectivity index (χ1) is 20.2. The van der Waals surface area contributed by atoms with Crippen LogP contribution in [0.5, 0.6) is 17.6 Å². The molecule has 1 unspecified atom stereocenters. The van der Waals surface area contributed by atoms with Crippen LogP contribution in [0.1, 0.15) is 0 Å². The number of halogens is 4. The molecule has 5 heterocycles. The molecule has 2 fully saturated rings. The third-order valence-electron chi connectivity index (χ3n) is 7.47. The molecule has 2 aliphatic rings. The van der Waals surface area contributed by atoms with Crippen LogP contribution in [0.3, 0.4) is 0 Å². The highest BCUT2D eigenvalue weighted by Gasteiger charge is 2.39. The maximum absolute atomic E-state index is 14.6. The fourth-order valence-corrected chi connectivity index (χ4v) is 5.52. The molecule has 1 N–H and O–H groups in total. The minimum absolute atomic E-state index is 0.0187. The number of likely N-dealkylation sites (tertiary alicyclic amines) is 1. The summed E-state index contributed by atoms with van der Waals surface area (Å²) >= 11 is 6.29. The molecule has 0 saturated carbocycles. The molecule has 2 saturated heterocycles. The third-order valence-corrected chi connectivity index (χ3v) is 7.82. The highest BCUT2D eigenvalue weighted by atomic mass is 35.5. The summed E-state index contributed by atoms with van der Waals surface area (Å²) in [4.78, 5) is 31.0. The molecule has 2 atom stereocenters. The Labute approximate surface area is 242 Å². The van der Waals surface area contributed by atoms with Gasteiger partial charge in [0.1, 0.15) is 28.3 Å². The second kappa shape index (κ2) is 11.2. The molecule has 1 amide bonds. The average Bonchev–Trinajstić information content (AvgIpc) is 3.60. The van der Waals surface area contributed by atoms with E-state index in [-0.39, 0.29) is 47.2 Å². The number of rotatable bonds is 7. The molecular formula is C27H26ClF3N8O3. The molecule has 4 aromatic rings. The molecule has 0 bridgehead atoms. The molecule has 11 nitrogen and oxygen atoms in total. The van der Waals surface area contributed by atoms with Crippen LogP contribution in [0.25, 0.3) is 21.8 Å². The summed E-state index contributed by atoms with van der Waals surface area (Å²) in [6, 6.07) is 2.76. The number of aromatic amines is 1. The van der Waals surface area contributed by atoms with Crippen molar-refractivity contribution in [2.75, 3.05) is 51.2 Å². The number of likely N-dealkylation sites (N-methyl/N-ethyl adjacent to an activating group) is 1. The molecule has 0 aliphatic carbocycles. The smallest absolute Gasteiger partial charge is 0.319 e. The maximum Gasteiger partial charge on any atom is 0.319 e. The molecule has 1 aromatic carbocycles. The van der Waals surface area contributed by atoms with E-state index in [2.05, 4.69) is 31.7 Å². The number of carbonyl (C=O) groups is 1. The summed E-state index contributed by atoms with van der Waals surface area (Å²) < 4.78 is 54.4. The molecular weight excluding hydrogens is 577 g/mol. The lowest BCUT2D eigenvalue weighted by Gasteiger charge is -2.35. The van der Waals surface area contributed by atoms with E-state index in [4.69, 9.17) is 21.1 Å². The summed E-state index contributed by atoms with van der Waals surface area (Å²) in [6.45, 7) is 5.67. The van der Waals surface area contributed by atoms with Crippen LogP contribution in [0.4, 0.5) is 19.0 Å². The van der Waals surface area contributed by atoms with E-state index >= 15 is 0 Å². The fraction of sp³-hybridized carbons (Fsp3) is 0.370. The topological polar surface area (TPSA) is 113 Å². The number of hydrogen-bond acceptors (Lipinski definition) is 9. The number of nitrogens with zero attached hydrogens (tertiary/aromatic N) is 7. The van der Waals surface area contributed by atoms with Crippen molar-refractivity contribution in [1.29, 1.82) is 0 Å². The Kier molecular flexibility index (Phi) is 7.49. The van der Waals surface area contributed by atoms with E-state index in [1.54, 1.807) is 22.9 Å².